The minimum absolute atomic E-state index is 0.379. The molecule has 2 nitrogen and oxygen atoms in total. The molecule has 0 bridgehead atoms. The molecule has 0 aliphatic heterocycles. The van der Waals surface area contributed by atoms with Crippen molar-refractivity contribution in [3.8, 4) is 17.2 Å². The smallest absolute Gasteiger partial charge is 0.264 e. The molecule has 1 aromatic carbocycles. The molecule has 0 N–H and O–H groups in total. The van der Waals surface area contributed by atoms with E-state index in [2.05, 4.69) is 4.98 Å². The number of benzene rings is 1. The number of pyridine rings is 1. The number of aromatic nitrogens is 1. The number of rotatable bonds is 1. The standard InChI is InChI=1S/C13H7F3N2/c14-13(15,16)11-3-1-9(2-4-11)12-8-18-6-5-10(12)7-17/h1-6,8H. The molecule has 0 saturated carbocycles. The van der Waals surface area contributed by atoms with Gasteiger partial charge in [0.25, 0.3) is 0 Å². The van der Waals surface area contributed by atoms with Gasteiger partial charge in [0.15, 0.2) is 0 Å². The number of hydrogen-bond donors (Lipinski definition) is 0. The van der Waals surface area contributed by atoms with Crippen molar-refractivity contribution in [3.63, 3.8) is 0 Å². The fourth-order valence-electron chi connectivity index (χ4n) is 1.56. The number of alkyl halides is 3. The normalized spacial score (nSPS) is 11.0. The Morgan fingerprint density at radius 3 is 2.28 bits per heavy atom. The van der Waals surface area contributed by atoms with Crippen LogP contribution in [-0.4, -0.2) is 4.98 Å². The Labute approximate surface area is 101 Å². The number of nitrogens with zero attached hydrogens (tertiary/aromatic N) is 2. The SMILES string of the molecule is N#Cc1ccncc1-c1ccc(C(F)(F)F)cc1. The predicted molar refractivity (Wildman–Crippen MR) is 59.4 cm³/mol. The molecule has 0 saturated heterocycles. The summed E-state index contributed by atoms with van der Waals surface area (Å²) in [5, 5.41) is 8.91. The quantitative estimate of drug-likeness (QED) is 0.772. The van der Waals surface area contributed by atoms with Crippen LogP contribution in [0.15, 0.2) is 42.7 Å². The van der Waals surface area contributed by atoms with E-state index < -0.39 is 11.7 Å². The summed E-state index contributed by atoms with van der Waals surface area (Å²) in [6.45, 7) is 0. The molecule has 1 heterocycles. The Hall–Kier alpha value is -2.35. The molecule has 0 unspecified atom stereocenters. The molecule has 0 atom stereocenters. The van der Waals surface area contributed by atoms with Gasteiger partial charge < -0.3 is 0 Å². The zero-order chi connectivity index (χ0) is 13.2. The van der Waals surface area contributed by atoms with Gasteiger partial charge in [-0.2, -0.15) is 18.4 Å². The Morgan fingerprint density at radius 1 is 1.06 bits per heavy atom. The lowest BCUT2D eigenvalue weighted by Gasteiger charge is -2.08. The maximum absolute atomic E-state index is 12.4. The van der Waals surface area contributed by atoms with Crippen LogP contribution in [0.4, 0.5) is 13.2 Å². The van der Waals surface area contributed by atoms with E-state index in [0.29, 0.717) is 16.7 Å². The summed E-state index contributed by atoms with van der Waals surface area (Å²) in [4.78, 5) is 3.87. The first-order chi connectivity index (χ1) is 8.52. The zero-order valence-corrected chi connectivity index (χ0v) is 9.07. The molecular weight excluding hydrogens is 241 g/mol. The molecule has 0 radical (unpaired) electrons. The van der Waals surface area contributed by atoms with Gasteiger partial charge in [-0.25, -0.2) is 0 Å². The van der Waals surface area contributed by atoms with Crippen LogP contribution in [0.3, 0.4) is 0 Å². The van der Waals surface area contributed by atoms with Gasteiger partial charge in [0.1, 0.15) is 0 Å². The summed E-state index contributed by atoms with van der Waals surface area (Å²) in [6, 6.07) is 8.14. The van der Waals surface area contributed by atoms with Crippen molar-refractivity contribution in [1.29, 1.82) is 5.26 Å². The third-order valence-electron chi connectivity index (χ3n) is 2.46. The second-order valence-corrected chi connectivity index (χ2v) is 3.61. The highest BCUT2D eigenvalue weighted by Crippen LogP contribution is 2.31. The third kappa shape index (κ3) is 2.33. The minimum atomic E-state index is -4.36. The molecule has 2 aromatic rings. The summed E-state index contributed by atoms with van der Waals surface area (Å²) < 4.78 is 37.2. The highest BCUT2D eigenvalue weighted by Gasteiger charge is 2.30. The van der Waals surface area contributed by atoms with Crippen LogP contribution in [0.2, 0.25) is 0 Å². The van der Waals surface area contributed by atoms with Crippen molar-refractivity contribution in [2.75, 3.05) is 0 Å². The molecule has 1 aromatic heterocycles. The Kier molecular flexibility index (Phi) is 3.02. The van der Waals surface area contributed by atoms with E-state index in [9.17, 15) is 13.2 Å². The molecule has 0 aliphatic rings. The van der Waals surface area contributed by atoms with Crippen molar-refractivity contribution in [2.24, 2.45) is 0 Å². The summed E-state index contributed by atoms with van der Waals surface area (Å²) in [6.07, 6.45) is -1.43. The van der Waals surface area contributed by atoms with E-state index in [0.717, 1.165) is 12.1 Å². The van der Waals surface area contributed by atoms with Crippen LogP contribution in [0.5, 0.6) is 0 Å². The minimum Gasteiger partial charge on any atom is -0.264 e. The van der Waals surface area contributed by atoms with Crippen LogP contribution < -0.4 is 0 Å². The maximum atomic E-state index is 12.4. The number of hydrogen-bond acceptors (Lipinski definition) is 2. The zero-order valence-electron chi connectivity index (χ0n) is 9.07. The average Bonchev–Trinajstić information content (AvgIpc) is 2.38. The van der Waals surface area contributed by atoms with Crippen molar-refractivity contribution in [2.45, 2.75) is 6.18 Å². The van der Waals surface area contributed by atoms with Crippen molar-refractivity contribution in [3.05, 3.63) is 53.9 Å². The first kappa shape index (κ1) is 12.1. The largest absolute Gasteiger partial charge is 0.416 e. The van der Waals surface area contributed by atoms with Gasteiger partial charge in [0.05, 0.1) is 17.2 Å². The second kappa shape index (κ2) is 4.49. The fourth-order valence-corrected chi connectivity index (χ4v) is 1.56. The maximum Gasteiger partial charge on any atom is 0.416 e. The van der Waals surface area contributed by atoms with Gasteiger partial charge in [-0.3, -0.25) is 4.98 Å². The van der Waals surface area contributed by atoms with Crippen molar-refractivity contribution >= 4 is 0 Å². The van der Waals surface area contributed by atoms with E-state index in [1.165, 1.54) is 30.6 Å². The van der Waals surface area contributed by atoms with E-state index in [-0.39, 0.29) is 0 Å². The first-order valence-corrected chi connectivity index (χ1v) is 5.04. The summed E-state index contributed by atoms with van der Waals surface area (Å²) in [5.41, 5.74) is 0.722. The average molecular weight is 248 g/mol. The topological polar surface area (TPSA) is 36.7 Å². The van der Waals surface area contributed by atoms with E-state index in [1.807, 2.05) is 6.07 Å². The molecule has 90 valence electrons. The van der Waals surface area contributed by atoms with E-state index in [1.54, 1.807) is 0 Å². The summed E-state index contributed by atoms with van der Waals surface area (Å²) in [5.74, 6) is 0. The fraction of sp³-hybridized carbons (Fsp3) is 0.0769. The Balaban J connectivity index is 2.45. The lowest BCUT2D eigenvalue weighted by molar-refractivity contribution is -0.137. The van der Waals surface area contributed by atoms with E-state index in [4.69, 9.17) is 5.26 Å². The van der Waals surface area contributed by atoms with Crippen LogP contribution in [0.25, 0.3) is 11.1 Å². The Morgan fingerprint density at radius 2 is 1.72 bits per heavy atom. The molecule has 0 fully saturated rings. The molecule has 2 rings (SSSR count). The molecule has 0 amide bonds. The first-order valence-electron chi connectivity index (χ1n) is 5.04. The van der Waals surface area contributed by atoms with E-state index >= 15 is 0 Å². The van der Waals surface area contributed by atoms with Crippen molar-refractivity contribution < 1.29 is 13.2 Å². The van der Waals surface area contributed by atoms with Gasteiger partial charge >= 0.3 is 6.18 Å². The predicted octanol–water partition coefficient (Wildman–Crippen LogP) is 3.64. The molecule has 18 heavy (non-hydrogen) atoms. The third-order valence-corrected chi connectivity index (χ3v) is 2.46. The highest BCUT2D eigenvalue weighted by atomic mass is 19.4. The van der Waals surface area contributed by atoms with Gasteiger partial charge in [-0.1, -0.05) is 12.1 Å². The highest BCUT2D eigenvalue weighted by molar-refractivity contribution is 5.69. The molecule has 0 spiro atoms. The molecular formula is C13H7F3N2. The molecule has 0 aliphatic carbocycles. The summed E-state index contributed by atoms with van der Waals surface area (Å²) >= 11 is 0. The van der Waals surface area contributed by atoms with Gasteiger partial charge in [0, 0.05) is 18.0 Å². The lowest BCUT2D eigenvalue weighted by Crippen LogP contribution is -2.04. The van der Waals surface area contributed by atoms with Gasteiger partial charge in [0.2, 0.25) is 0 Å². The number of nitriles is 1. The van der Waals surface area contributed by atoms with Crippen LogP contribution in [-0.2, 0) is 6.18 Å². The van der Waals surface area contributed by atoms with Crippen molar-refractivity contribution in [1.82, 2.24) is 4.98 Å². The van der Waals surface area contributed by atoms with Crippen LogP contribution in [0.1, 0.15) is 11.1 Å². The monoisotopic (exact) mass is 248 g/mol. The lowest BCUT2D eigenvalue weighted by atomic mass is 10.0. The van der Waals surface area contributed by atoms with Crippen LogP contribution >= 0.6 is 0 Å². The van der Waals surface area contributed by atoms with Crippen LogP contribution in [0, 0.1) is 11.3 Å². The van der Waals surface area contributed by atoms with Gasteiger partial charge in [-0.05, 0) is 23.8 Å². The van der Waals surface area contributed by atoms with Gasteiger partial charge in [-0.15, -0.1) is 0 Å². The second-order valence-electron chi connectivity index (χ2n) is 3.61. The Bertz CT molecular complexity index is 595. The number of halogens is 3. The summed E-state index contributed by atoms with van der Waals surface area (Å²) in [7, 11) is 0. The molecule has 5 heteroatoms.